The first-order chi connectivity index (χ1) is 7.99. The molecule has 2 N–H and O–H groups in total. The Morgan fingerprint density at radius 2 is 1.88 bits per heavy atom. The summed E-state index contributed by atoms with van der Waals surface area (Å²) in [5.41, 5.74) is 0. The van der Waals surface area contributed by atoms with Gasteiger partial charge in [-0.2, -0.15) is 0 Å². The summed E-state index contributed by atoms with van der Waals surface area (Å²) in [4.78, 5) is 24.9. The highest BCUT2D eigenvalue weighted by Crippen LogP contribution is 2.38. The number of nitrogens with zero attached hydrogens (tertiary/aromatic N) is 1. The number of aliphatic hydroxyl groups is 1. The topological polar surface area (TPSA) is 77.8 Å². The van der Waals surface area contributed by atoms with E-state index in [0.29, 0.717) is 32.4 Å². The lowest BCUT2D eigenvalue weighted by molar-refractivity contribution is -0.148. The Kier molecular flexibility index (Phi) is 3.38. The number of aliphatic carboxylic acids is 1. The molecule has 2 aliphatic rings. The smallest absolute Gasteiger partial charge is 0.307 e. The number of β-amino-alcohol motifs (C(OH)–C–C–N with tert-alkyl or cyclic N) is 1. The molecule has 1 saturated carbocycles. The Labute approximate surface area is 100 Å². The number of amides is 1. The number of carboxylic acids is 1. The maximum atomic E-state index is 12.2. The highest BCUT2D eigenvalue weighted by atomic mass is 16.4. The van der Waals surface area contributed by atoms with Gasteiger partial charge in [0.1, 0.15) is 0 Å². The molecule has 0 aromatic heterocycles. The minimum Gasteiger partial charge on any atom is -0.481 e. The molecule has 0 spiro atoms. The van der Waals surface area contributed by atoms with Gasteiger partial charge in [-0.05, 0) is 25.2 Å². The molecule has 2 rings (SSSR count). The molecule has 5 nitrogen and oxygen atoms in total. The number of carbonyl (C=O) groups excluding carboxylic acids is 1. The Morgan fingerprint density at radius 3 is 2.41 bits per heavy atom. The second-order valence-electron chi connectivity index (χ2n) is 5.35. The number of rotatable bonds is 2. The van der Waals surface area contributed by atoms with Crippen LogP contribution in [0.5, 0.6) is 0 Å². The van der Waals surface area contributed by atoms with Crippen molar-refractivity contribution in [1.82, 2.24) is 4.90 Å². The molecule has 1 heterocycles. The van der Waals surface area contributed by atoms with Crippen molar-refractivity contribution in [2.45, 2.75) is 32.3 Å². The maximum absolute atomic E-state index is 12.2. The van der Waals surface area contributed by atoms with Crippen molar-refractivity contribution < 1.29 is 19.8 Å². The van der Waals surface area contributed by atoms with Gasteiger partial charge >= 0.3 is 5.97 Å². The van der Waals surface area contributed by atoms with Crippen LogP contribution in [0.25, 0.3) is 0 Å². The molecule has 1 amide bonds. The number of likely N-dealkylation sites (tertiary alicyclic amines) is 1. The Bertz CT molecular complexity index is 330. The van der Waals surface area contributed by atoms with E-state index >= 15 is 0 Å². The fourth-order valence-electron chi connectivity index (χ4n) is 3.01. The number of hydrogen-bond donors (Lipinski definition) is 2. The van der Waals surface area contributed by atoms with Gasteiger partial charge in [-0.3, -0.25) is 9.59 Å². The molecule has 4 atom stereocenters. The molecule has 96 valence electrons. The van der Waals surface area contributed by atoms with Crippen LogP contribution in [-0.4, -0.2) is 46.2 Å². The van der Waals surface area contributed by atoms with Crippen LogP contribution in [0.2, 0.25) is 0 Å². The molecule has 1 aliphatic heterocycles. The Balaban J connectivity index is 2.05. The lowest BCUT2D eigenvalue weighted by atomic mass is 9.95. The first-order valence-electron chi connectivity index (χ1n) is 6.18. The number of carboxylic acid groups (broad SMARTS) is 1. The predicted molar refractivity (Wildman–Crippen MR) is 60.2 cm³/mol. The van der Waals surface area contributed by atoms with Crippen molar-refractivity contribution in [3.8, 4) is 0 Å². The summed E-state index contributed by atoms with van der Waals surface area (Å²) in [6, 6.07) is 0. The van der Waals surface area contributed by atoms with E-state index < -0.39 is 23.9 Å². The van der Waals surface area contributed by atoms with Crippen LogP contribution < -0.4 is 0 Å². The van der Waals surface area contributed by atoms with E-state index in [1.54, 1.807) is 4.90 Å². The first kappa shape index (κ1) is 12.4. The lowest BCUT2D eigenvalue weighted by Gasteiger charge is -2.22. The Morgan fingerprint density at radius 1 is 1.24 bits per heavy atom. The van der Waals surface area contributed by atoms with E-state index in [4.69, 9.17) is 5.11 Å². The number of aliphatic hydroxyl groups excluding tert-OH is 1. The molecule has 5 heteroatoms. The third kappa shape index (κ3) is 2.44. The lowest BCUT2D eigenvalue weighted by Crippen LogP contribution is -2.38. The van der Waals surface area contributed by atoms with Gasteiger partial charge in [-0.15, -0.1) is 0 Å². The minimum absolute atomic E-state index is 0.0849. The molecule has 17 heavy (non-hydrogen) atoms. The van der Waals surface area contributed by atoms with Crippen LogP contribution in [-0.2, 0) is 9.59 Å². The molecule has 1 unspecified atom stereocenters. The molecule has 1 aliphatic carbocycles. The highest BCUT2D eigenvalue weighted by molar-refractivity contribution is 5.85. The molecule has 2 fully saturated rings. The quantitative estimate of drug-likeness (QED) is 0.730. The van der Waals surface area contributed by atoms with Crippen LogP contribution in [0.4, 0.5) is 0 Å². The molecule has 0 radical (unpaired) electrons. The van der Waals surface area contributed by atoms with E-state index in [9.17, 15) is 14.7 Å². The monoisotopic (exact) mass is 241 g/mol. The first-order valence-corrected chi connectivity index (χ1v) is 6.18. The average Bonchev–Trinajstić information content (AvgIpc) is 2.83. The van der Waals surface area contributed by atoms with E-state index in [-0.39, 0.29) is 11.8 Å². The van der Waals surface area contributed by atoms with Crippen LogP contribution in [0.3, 0.4) is 0 Å². The van der Waals surface area contributed by atoms with Gasteiger partial charge < -0.3 is 15.1 Å². The molecule has 0 aromatic carbocycles. The largest absolute Gasteiger partial charge is 0.481 e. The maximum Gasteiger partial charge on any atom is 0.307 e. The SMILES string of the molecule is CC1C[C@H](C(=O)N2CC[C@H](O)C2)[C@H](C(=O)O)C1. The van der Waals surface area contributed by atoms with Gasteiger partial charge in [0.2, 0.25) is 5.91 Å². The van der Waals surface area contributed by atoms with E-state index in [2.05, 4.69) is 0 Å². The molecule has 0 aromatic rings. The molecular formula is C12H19NO4. The van der Waals surface area contributed by atoms with Crippen molar-refractivity contribution in [2.75, 3.05) is 13.1 Å². The summed E-state index contributed by atoms with van der Waals surface area (Å²) in [6.07, 6.45) is 1.40. The van der Waals surface area contributed by atoms with Crippen molar-refractivity contribution in [1.29, 1.82) is 0 Å². The summed E-state index contributed by atoms with van der Waals surface area (Å²) in [5.74, 6) is -1.61. The van der Waals surface area contributed by atoms with Crippen molar-refractivity contribution in [2.24, 2.45) is 17.8 Å². The van der Waals surface area contributed by atoms with Gasteiger partial charge in [0, 0.05) is 13.1 Å². The van der Waals surface area contributed by atoms with Crippen molar-refractivity contribution in [3.05, 3.63) is 0 Å². The third-order valence-corrected chi connectivity index (χ3v) is 3.91. The third-order valence-electron chi connectivity index (χ3n) is 3.91. The summed E-state index contributed by atoms with van der Waals surface area (Å²) >= 11 is 0. The fraction of sp³-hybridized carbons (Fsp3) is 0.833. The minimum atomic E-state index is -0.868. The van der Waals surface area contributed by atoms with Crippen LogP contribution in [0.15, 0.2) is 0 Å². The van der Waals surface area contributed by atoms with Gasteiger partial charge in [-0.1, -0.05) is 6.92 Å². The summed E-state index contributed by atoms with van der Waals surface area (Å²) in [5, 5.41) is 18.5. The zero-order chi connectivity index (χ0) is 12.6. The second-order valence-corrected chi connectivity index (χ2v) is 5.35. The zero-order valence-electron chi connectivity index (χ0n) is 10.0. The molecule has 0 bridgehead atoms. The average molecular weight is 241 g/mol. The van der Waals surface area contributed by atoms with Crippen LogP contribution in [0.1, 0.15) is 26.2 Å². The zero-order valence-corrected chi connectivity index (χ0v) is 10.0. The van der Waals surface area contributed by atoms with E-state index in [1.807, 2.05) is 6.92 Å². The van der Waals surface area contributed by atoms with Crippen LogP contribution >= 0.6 is 0 Å². The van der Waals surface area contributed by atoms with Crippen molar-refractivity contribution in [3.63, 3.8) is 0 Å². The van der Waals surface area contributed by atoms with Crippen molar-refractivity contribution >= 4 is 11.9 Å². The van der Waals surface area contributed by atoms with Gasteiger partial charge in [0.25, 0.3) is 0 Å². The van der Waals surface area contributed by atoms with E-state index in [0.717, 1.165) is 0 Å². The summed E-state index contributed by atoms with van der Waals surface area (Å²) in [6.45, 7) is 2.90. The van der Waals surface area contributed by atoms with Gasteiger partial charge in [0.15, 0.2) is 0 Å². The van der Waals surface area contributed by atoms with Gasteiger partial charge in [-0.25, -0.2) is 0 Å². The standard InChI is InChI=1S/C12H19NO4/c1-7-4-9(10(5-7)12(16)17)11(15)13-3-2-8(14)6-13/h7-10,14H,2-6H2,1H3,(H,16,17)/t7?,8-,9-,10+/m0/s1. The summed E-state index contributed by atoms with van der Waals surface area (Å²) < 4.78 is 0. The number of hydrogen-bond acceptors (Lipinski definition) is 3. The predicted octanol–water partition coefficient (Wildman–Crippen LogP) is 0.326. The summed E-state index contributed by atoms with van der Waals surface area (Å²) in [7, 11) is 0. The Hall–Kier alpha value is -1.10. The normalized spacial score (nSPS) is 37.4. The number of carbonyl (C=O) groups is 2. The highest BCUT2D eigenvalue weighted by Gasteiger charge is 2.43. The van der Waals surface area contributed by atoms with E-state index in [1.165, 1.54) is 0 Å². The molecular weight excluding hydrogens is 222 g/mol. The fourth-order valence-corrected chi connectivity index (χ4v) is 3.01. The second kappa shape index (κ2) is 4.64. The van der Waals surface area contributed by atoms with Gasteiger partial charge in [0.05, 0.1) is 17.9 Å². The molecule has 1 saturated heterocycles. The van der Waals surface area contributed by atoms with Crippen LogP contribution in [0, 0.1) is 17.8 Å².